The molecule has 0 aromatic rings. The first kappa shape index (κ1) is 12.5. The molecule has 0 N–H and O–H groups in total. The van der Waals surface area contributed by atoms with E-state index in [0.29, 0.717) is 6.61 Å². The van der Waals surface area contributed by atoms with Gasteiger partial charge in [0.2, 0.25) is 0 Å². The van der Waals surface area contributed by atoms with E-state index in [-0.39, 0.29) is 5.78 Å². The standard InChI is InChI=1S/C12H18O6/c1-11(2)14-5-6(16-11)8-7(13)9-10(15-8)18-12(3,4)17-9/h6,8-10H,5H2,1-4H3/t6-,8+,9-,10-/m1/s1. The summed E-state index contributed by atoms with van der Waals surface area (Å²) in [5.74, 6) is -1.58. The molecule has 3 aliphatic heterocycles. The summed E-state index contributed by atoms with van der Waals surface area (Å²) in [4.78, 5) is 12.2. The fraction of sp³-hybridized carbons (Fsp3) is 0.917. The molecular weight excluding hydrogens is 240 g/mol. The van der Waals surface area contributed by atoms with E-state index in [0.717, 1.165) is 0 Å². The van der Waals surface area contributed by atoms with Crippen LogP contribution in [0.4, 0.5) is 0 Å². The highest BCUT2D eigenvalue weighted by Gasteiger charge is 2.57. The lowest BCUT2D eigenvalue weighted by Crippen LogP contribution is -2.39. The number of ether oxygens (including phenoxy) is 5. The first-order valence-corrected chi connectivity index (χ1v) is 6.14. The third-order valence-electron chi connectivity index (χ3n) is 3.27. The number of hydrogen-bond donors (Lipinski definition) is 0. The van der Waals surface area contributed by atoms with Gasteiger partial charge in [0, 0.05) is 0 Å². The van der Waals surface area contributed by atoms with Crippen molar-refractivity contribution in [3.63, 3.8) is 0 Å². The SMILES string of the molecule is CC1(C)O[C@H]2O[C@@H]([C@H]3COC(C)(C)O3)C(=O)[C@H]2O1. The van der Waals surface area contributed by atoms with Crippen LogP contribution in [0.3, 0.4) is 0 Å². The average Bonchev–Trinajstić information content (AvgIpc) is 2.81. The maximum absolute atomic E-state index is 12.2. The lowest BCUT2D eigenvalue weighted by atomic mass is 10.1. The fourth-order valence-corrected chi connectivity index (χ4v) is 2.53. The van der Waals surface area contributed by atoms with Gasteiger partial charge in [-0.15, -0.1) is 0 Å². The molecule has 3 aliphatic rings. The first-order chi connectivity index (χ1) is 8.27. The second kappa shape index (κ2) is 3.74. The summed E-state index contributed by atoms with van der Waals surface area (Å²) in [5.41, 5.74) is 0. The molecule has 3 rings (SSSR count). The van der Waals surface area contributed by atoms with Gasteiger partial charge in [-0.1, -0.05) is 0 Å². The molecule has 0 unspecified atom stereocenters. The molecule has 18 heavy (non-hydrogen) atoms. The molecule has 4 atom stereocenters. The zero-order valence-corrected chi connectivity index (χ0v) is 11.0. The Morgan fingerprint density at radius 2 is 1.72 bits per heavy atom. The van der Waals surface area contributed by atoms with Gasteiger partial charge in [-0.25, -0.2) is 0 Å². The summed E-state index contributed by atoms with van der Waals surface area (Å²) in [6.07, 6.45) is -2.35. The fourth-order valence-electron chi connectivity index (χ4n) is 2.53. The molecule has 6 heteroatoms. The molecule has 0 aromatic heterocycles. The van der Waals surface area contributed by atoms with Crippen LogP contribution in [-0.2, 0) is 28.5 Å². The first-order valence-electron chi connectivity index (χ1n) is 6.14. The molecule has 0 aliphatic carbocycles. The van der Waals surface area contributed by atoms with E-state index in [1.165, 1.54) is 0 Å². The Kier molecular flexibility index (Phi) is 2.60. The van der Waals surface area contributed by atoms with Crippen molar-refractivity contribution in [3.05, 3.63) is 0 Å². The predicted octanol–water partition coefficient (Wildman–Crippen LogP) is 0.583. The van der Waals surface area contributed by atoms with Gasteiger partial charge in [-0.3, -0.25) is 4.79 Å². The molecule has 0 radical (unpaired) electrons. The minimum Gasteiger partial charge on any atom is -0.348 e. The summed E-state index contributed by atoms with van der Waals surface area (Å²) in [6, 6.07) is 0. The summed E-state index contributed by atoms with van der Waals surface area (Å²) in [6.45, 7) is 7.48. The molecule has 6 nitrogen and oxygen atoms in total. The van der Waals surface area contributed by atoms with Crippen LogP contribution in [0.5, 0.6) is 0 Å². The van der Waals surface area contributed by atoms with Crippen LogP contribution in [0.25, 0.3) is 0 Å². The monoisotopic (exact) mass is 258 g/mol. The third kappa shape index (κ3) is 1.98. The van der Waals surface area contributed by atoms with E-state index >= 15 is 0 Å². The molecule has 3 fully saturated rings. The number of fused-ring (bicyclic) bond motifs is 1. The molecule has 3 saturated heterocycles. The summed E-state index contributed by atoms with van der Waals surface area (Å²) < 4.78 is 27.7. The Hall–Kier alpha value is -0.530. The van der Waals surface area contributed by atoms with E-state index < -0.39 is 36.2 Å². The van der Waals surface area contributed by atoms with E-state index in [2.05, 4.69) is 0 Å². The van der Waals surface area contributed by atoms with Crippen LogP contribution in [0.15, 0.2) is 0 Å². The number of carbonyl (C=O) groups excluding carboxylic acids is 1. The molecule has 0 spiro atoms. The van der Waals surface area contributed by atoms with Crippen molar-refractivity contribution < 1.29 is 28.5 Å². The predicted molar refractivity (Wildman–Crippen MR) is 58.6 cm³/mol. The Morgan fingerprint density at radius 3 is 2.28 bits per heavy atom. The van der Waals surface area contributed by atoms with Crippen molar-refractivity contribution >= 4 is 5.78 Å². The summed E-state index contributed by atoms with van der Waals surface area (Å²) in [5, 5.41) is 0. The van der Waals surface area contributed by atoms with Gasteiger partial charge in [0.15, 0.2) is 35.9 Å². The number of Topliss-reactive ketones (excluding diaryl/α,β-unsaturated/α-hetero) is 1. The number of carbonyl (C=O) groups is 1. The number of ketones is 1. The highest BCUT2D eigenvalue weighted by atomic mass is 16.8. The van der Waals surface area contributed by atoms with Crippen LogP contribution >= 0.6 is 0 Å². The van der Waals surface area contributed by atoms with Gasteiger partial charge in [0.25, 0.3) is 0 Å². The Balaban J connectivity index is 1.70. The smallest absolute Gasteiger partial charge is 0.198 e. The van der Waals surface area contributed by atoms with Gasteiger partial charge in [0.05, 0.1) is 6.61 Å². The third-order valence-corrected chi connectivity index (χ3v) is 3.27. The van der Waals surface area contributed by atoms with E-state index in [1.54, 1.807) is 13.8 Å². The van der Waals surface area contributed by atoms with Gasteiger partial charge in [0.1, 0.15) is 6.10 Å². The van der Waals surface area contributed by atoms with Gasteiger partial charge >= 0.3 is 0 Å². The second-order valence-corrected chi connectivity index (χ2v) is 5.75. The Bertz CT molecular complexity index is 377. The van der Waals surface area contributed by atoms with Crippen molar-refractivity contribution in [1.29, 1.82) is 0 Å². The topological polar surface area (TPSA) is 63.2 Å². The zero-order chi connectivity index (χ0) is 13.1. The van der Waals surface area contributed by atoms with Crippen molar-refractivity contribution in [2.75, 3.05) is 6.61 Å². The Labute approximate surface area is 105 Å². The van der Waals surface area contributed by atoms with Crippen molar-refractivity contribution in [1.82, 2.24) is 0 Å². The van der Waals surface area contributed by atoms with Crippen molar-refractivity contribution in [2.45, 2.75) is 63.9 Å². The van der Waals surface area contributed by atoms with E-state index in [4.69, 9.17) is 23.7 Å². The van der Waals surface area contributed by atoms with E-state index in [9.17, 15) is 4.79 Å². The highest BCUT2D eigenvalue weighted by Crippen LogP contribution is 2.38. The molecule has 3 heterocycles. The molecule has 0 saturated carbocycles. The van der Waals surface area contributed by atoms with Gasteiger partial charge < -0.3 is 23.7 Å². The van der Waals surface area contributed by atoms with Crippen molar-refractivity contribution in [2.24, 2.45) is 0 Å². The van der Waals surface area contributed by atoms with Crippen LogP contribution in [0.1, 0.15) is 27.7 Å². The molecule has 0 bridgehead atoms. The minimum atomic E-state index is -0.776. The molecule has 102 valence electrons. The lowest BCUT2D eigenvalue weighted by molar-refractivity contribution is -0.219. The van der Waals surface area contributed by atoms with Crippen LogP contribution in [0, 0.1) is 0 Å². The number of hydrogen-bond acceptors (Lipinski definition) is 6. The molecule has 0 aromatic carbocycles. The second-order valence-electron chi connectivity index (χ2n) is 5.75. The molecule has 0 amide bonds. The van der Waals surface area contributed by atoms with E-state index in [1.807, 2.05) is 13.8 Å². The average molecular weight is 258 g/mol. The minimum absolute atomic E-state index is 0.128. The molecular formula is C12H18O6. The van der Waals surface area contributed by atoms with Gasteiger partial charge in [-0.2, -0.15) is 0 Å². The largest absolute Gasteiger partial charge is 0.348 e. The van der Waals surface area contributed by atoms with Crippen molar-refractivity contribution in [3.8, 4) is 0 Å². The summed E-state index contributed by atoms with van der Waals surface area (Å²) >= 11 is 0. The van der Waals surface area contributed by atoms with Crippen LogP contribution < -0.4 is 0 Å². The maximum Gasteiger partial charge on any atom is 0.198 e. The quantitative estimate of drug-likeness (QED) is 0.685. The highest BCUT2D eigenvalue weighted by molar-refractivity contribution is 5.90. The normalized spacial score (nSPS) is 45.4. The van der Waals surface area contributed by atoms with Crippen LogP contribution in [0.2, 0.25) is 0 Å². The van der Waals surface area contributed by atoms with Gasteiger partial charge in [-0.05, 0) is 27.7 Å². The summed E-state index contributed by atoms with van der Waals surface area (Å²) in [7, 11) is 0. The number of rotatable bonds is 1. The van der Waals surface area contributed by atoms with Crippen LogP contribution in [-0.4, -0.2) is 48.6 Å². The lowest BCUT2D eigenvalue weighted by Gasteiger charge is -2.23. The zero-order valence-electron chi connectivity index (χ0n) is 11.0. The maximum atomic E-state index is 12.2. The Morgan fingerprint density at radius 1 is 1.00 bits per heavy atom.